The highest BCUT2D eigenvalue weighted by Crippen LogP contribution is 2.16. The number of rotatable bonds is 7. The minimum atomic E-state index is -0.444. The third kappa shape index (κ3) is 5.92. The second-order valence-electron chi connectivity index (χ2n) is 7.42. The third-order valence-electron chi connectivity index (χ3n) is 5.37. The van der Waals surface area contributed by atoms with Gasteiger partial charge in [0.2, 0.25) is 0 Å². The van der Waals surface area contributed by atoms with Crippen molar-refractivity contribution < 1.29 is 19.0 Å². The van der Waals surface area contributed by atoms with Crippen LogP contribution in [-0.2, 0) is 20.9 Å². The van der Waals surface area contributed by atoms with E-state index in [0.717, 1.165) is 63.5 Å². The smallest absolute Gasteiger partial charge is 0.251 e. The lowest BCUT2D eigenvalue weighted by atomic mass is 10.2. The van der Waals surface area contributed by atoms with Crippen LogP contribution in [0.2, 0.25) is 0 Å². The molecule has 2 aliphatic rings. The summed E-state index contributed by atoms with van der Waals surface area (Å²) in [4.78, 5) is 17.2. The first-order valence-corrected chi connectivity index (χ1v) is 10.0. The summed E-state index contributed by atoms with van der Waals surface area (Å²) < 4.78 is 16.8. The number of amides is 1. The zero-order valence-corrected chi connectivity index (χ0v) is 16.6. The SMILES string of the molecule is COc1cccc(COC(C)C(=O)N2CCCN(CC3CCCO3)CC2)c1. The van der Waals surface area contributed by atoms with E-state index in [1.54, 1.807) is 7.11 Å². The molecule has 2 saturated heterocycles. The molecule has 1 amide bonds. The lowest BCUT2D eigenvalue weighted by Crippen LogP contribution is -2.42. The quantitative estimate of drug-likeness (QED) is 0.731. The molecule has 2 aliphatic heterocycles. The average Bonchev–Trinajstić information content (AvgIpc) is 3.10. The summed E-state index contributed by atoms with van der Waals surface area (Å²) in [5.41, 5.74) is 1.01. The van der Waals surface area contributed by atoms with Crippen LogP contribution in [0.3, 0.4) is 0 Å². The molecule has 1 aromatic carbocycles. The second kappa shape index (κ2) is 10.1. The molecule has 0 N–H and O–H groups in total. The summed E-state index contributed by atoms with van der Waals surface area (Å²) in [5.74, 6) is 0.880. The molecule has 2 atom stereocenters. The fourth-order valence-electron chi connectivity index (χ4n) is 3.76. The van der Waals surface area contributed by atoms with Gasteiger partial charge in [0.1, 0.15) is 11.9 Å². The number of carbonyl (C=O) groups excluding carboxylic acids is 1. The van der Waals surface area contributed by atoms with Crippen LogP contribution in [0.4, 0.5) is 0 Å². The maximum absolute atomic E-state index is 12.8. The maximum atomic E-state index is 12.8. The predicted molar refractivity (Wildman–Crippen MR) is 104 cm³/mol. The van der Waals surface area contributed by atoms with Crippen molar-refractivity contribution in [1.82, 2.24) is 9.80 Å². The molecule has 6 nitrogen and oxygen atoms in total. The Labute approximate surface area is 162 Å². The molecule has 2 unspecified atom stereocenters. The summed E-state index contributed by atoms with van der Waals surface area (Å²) >= 11 is 0. The van der Waals surface area contributed by atoms with Crippen molar-refractivity contribution >= 4 is 5.91 Å². The summed E-state index contributed by atoms with van der Waals surface area (Å²) in [6.45, 7) is 7.64. The normalized spacial score (nSPS) is 22.4. The Morgan fingerprint density at radius 3 is 2.93 bits per heavy atom. The first kappa shape index (κ1) is 20.1. The summed E-state index contributed by atoms with van der Waals surface area (Å²) in [6.07, 6.45) is 3.26. The van der Waals surface area contributed by atoms with Gasteiger partial charge in [-0.1, -0.05) is 12.1 Å². The monoisotopic (exact) mass is 376 g/mol. The largest absolute Gasteiger partial charge is 0.497 e. The molecular formula is C21H32N2O4. The van der Waals surface area contributed by atoms with E-state index in [-0.39, 0.29) is 5.91 Å². The summed E-state index contributed by atoms with van der Waals surface area (Å²) in [6, 6.07) is 7.75. The second-order valence-corrected chi connectivity index (χ2v) is 7.42. The van der Waals surface area contributed by atoms with Crippen molar-refractivity contribution in [3.05, 3.63) is 29.8 Å². The molecule has 0 spiro atoms. The van der Waals surface area contributed by atoms with Crippen LogP contribution in [-0.4, -0.2) is 74.4 Å². The number of carbonyl (C=O) groups is 1. The number of nitrogens with zero attached hydrogens (tertiary/aromatic N) is 2. The standard InChI is InChI=1S/C21H32N2O4/c1-17(27-16-18-6-3-7-19(14-18)25-2)21(24)23-10-5-9-22(11-12-23)15-20-8-4-13-26-20/h3,6-7,14,17,20H,4-5,8-13,15-16H2,1-2H3. The zero-order valence-electron chi connectivity index (χ0n) is 16.6. The Morgan fingerprint density at radius 1 is 1.26 bits per heavy atom. The predicted octanol–water partition coefficient (Wildman–Crippen LogP) is 2.31. The summed E-state index contributed by atoms with van der Waals surface area (Å²) in [7, 11) is 1.65. The number of benzene rings is 1. The zero-order chi connectivity index (χ0) is 19.1. The first-order chi connectivity index (χ1) is 13.2. The van der Waals surface area contributed by atoms with Crippen LogP contribution in [0, 0.1) is 0 Å². The van der Waals surface area contributed by atoms with Gasteiger partial charge in [-0.3, -0.25) is 9.69 Å². The molecule has 0 aliphatic carbocycles. The van der Waals surface area contributed by atoms with Gasteiger partial charge in [-0.05, 0) is 50.4 Å². The van der Waals surface area contributed by atoms with E-state index in [1.165, 1.54) is 6.42 Å². The lowest BCUT2D eigenvalue weighted by molar-refractivity contribution is -0.143. The van der Waals surface area contributed by atoms with E-state index in [9.17, 15) is 4.79 Å². The van der Waals surface area contributed by atoms with Crippen LogP contribution in [0.15, 0.2) is 24.3 Å². The molecule has 27 heavy (non-hydrogen) atoms. The number of methoxy groups -OCH3 is 1. The van der Waals surface area contributed by atoms with Crippen LogP contribution in [0.25, 0.3) is 0 Å². The van der Waals surface area contributed by atoms with Gasteiger partial charge >= 0.3 is 0 Å². The van der Waals surface area contributed by atoms with Gasteiger partial charge in [-0.25, -0.2) is 0 Å². The van der Waals surface area contributed by atoms with Crippen molar-refractivity contribution in [3.8, 4) is 5.75 Å². The van der Waals surface area contributed by atoms with Crippen LogP contribution in [0.1, 0.15) is 31.7 Å². The Bertz CT molecular complexity index is 604. The molecule has 1 aromatic rings. The average molecular weight is 376 g/mol. The molecule has 0 saturated carbocycles. The van der Waals surface area contributed by atoms with E-state index in [2.05, 4.69) is 4.90 Å². The van der Waals surface area contributed by atoms with E-state index < -0.39 is 6.10 Å². The van der Waals surface area contributed by atoms with Gasteiger partial charge in [-0.2, -0.15) is 0 Å². The van der Waals surface area contributed by atoms with Crippen molar-refractivity contribution in [1.29, 1.82) is 0 Å². The van der Waals surface area contributed by atoms with Gasteiger partial charge in [-0.15, -0.1) is 0 Å². The highest BCUT2D eigenvalue weighted by Gasteiger charge is 2.26. The van der Waals surface area contributed by atoms with E-state index in [0.29, 0.717) is 12.7 Å². The van der Waals surface area contributed by atoms with E-state index in [4.69, 9.17) is 14.2 Å². The summed E-state index contributed by atoms with van der Waals surface area (Å²) in [5, 5.41) is 0. The molecule has 3 rings (SSSR count). The maximum Gasteiger partial charge on any atom is 0.251 e. The Kier molecular flexibility index (Phi) is 7.50. The molecule has 0 radical (unpaired) electrons. The number of hydrogen-bond donors (Lipinski definition) is 0. The molecule has 6 heteroatoms. The van der Waals surface area contributed by atoms with Crippen molar-refractivity contribution in [2.45, 2.75) is 45.0 Å². The van der Waals surface area contributed by atoms with Crippen LogP contribution < -0.4 is 4.74 Å². The van der Waals surface area contributed by atoms with Gasteiger partial charge < -0.3 is 19.1 Å². The lowest BCUT2D eigenvalue weighted by Gasteiger charge is -2.25. The fraction of sp³-hybridized carbons (Fsp3) is 0.667. The van der Waals surface area contributed by atoms with Crippen LogP contribution in [0.5, 0.6) is 5.75 Å². The Hall–Kier alpha value is -1.63. The minimum Gasteiger partial charge on any atom is -0.497 e. The third-order valence-corrected chi connectivity index (χ3v) is 5.37. The molecule has 0 aromatic heterocycles. The van der Waals surface area contributed by atoms with Gasteiger partial charge in [0, 0.05) is 32.8 Å². The highest BCUT2D eigenvalue weighted by molar-refractivity contribution is 5.80. The molecule has 0 bridgehead atoms. The minimum absolute atomic E-state index is 0.0804. The Morgan fingerprint density at radius 2 is 2.15 bits per heavy atom. The van der Waals surface area contributed by atoms with E-state index in [1.807, 2.05) is 36.1 Å². The number of ether oxygens (including phenoxy) is 3. The molecule has 150 valence electrons. The van der Waals surface area contributed by atoms with E-state index >= 15 is 0 Å². The molecule has 2 fully saturated rings. The van der Waals surface area contributed by atoms with Gasteiger partial charge in [0.15, 0.2) is 0 Å². The highest BCUT2D eigenvalue weighted by atomic mass is 16.5. The molecular weight excluding hydrogens is 344 g/mol. The number of hydrogen-bond acceptors (Lipinski definition) is 5. The first-order valence-electron chi connectivity index (χ1n) is 10.0. The van der Waals surface area contributed by atoms with Crippen molar-refractivity contribution in [2.24, 2.45) is 0 Å². The van der Waals surface area contributed by atoms with Crippen molar-refractivity contribution in [3.63, 3.8) is 0 Å². The van der Waals surface area contributed by atoms with Crippen molar-refractivity contribution in [2.75, 3.05) is 46.4 Å². The van der Waals surface area contributed by atoms with Crippen LogP contribution >= 0.6 is 0 Å². The fourth-order valence-corrected chi connectivity index (χ4v) is 3.76. The topological polar surface area (TPSA) is 51.2 Å². The molecule has 2 heterocycles. The Balaban J connectivity index is 1.44. The van der Waals surface area contributed by atoms with Gasteiger partial charge in [0.05, 0.1) is 19.8 Å². The van der Waals surface area contributed by atoms with Gasteiger partial charge in [0.25, 0.3) is 5.91 Å².